The minimum absolute atomic E-state index is 0.221. The molecule has 4 heteroatoms. The third kappa shape index (κ3) is 4.38. The van der Waals surface area contributed by atoms with E-state index in [2.05, 4.69) is 31.9 Å². The summed E-state index contributed by atoms with van der Waals surface area (Å²) in [4.78, 5) is 0. The maximum absolute atomic E-state index is 13.5. The van der Waals surface area contributed by atoms with Crippen LogP contribution in [0.1, 0.15) is 11.1 Å². The maximum Gasteiger partial charge on any atom is 0.123 e. The predicted octanol–water partition coefficient (Wildman–Crippen LogP) is 5.07. The smallest absolute Gasteiger partial charge is 0.123 e. The van der Waals surface area contributed by atoms with Crippen LogP contribution in [0.15, 0.2) is 54.6 Å². The molecule has 0 heterocycles. The molecule has 0 atom stereocenters. The highest BCUT2D eigenvalue weighted by Crippen LogP contribution is 2.30. The zero-order valence-corrected chi connectivity index (χ0v) is 14.7. The monoisotopic (exact) mass is 414 g/mol. The first-order chi connectivity index (χ1) is 10.2. The van der Waals surface area contributed by atoms with Crippen molar-refractivity contribution in [2.24, 2.45) is 0 Å². The fraction of sp³-hybridized carbons (Fsp3) is 0.294. The number of benzene rings is 2. The third-order valence-corrected chi connectivity index (χ3v) is 5.59. The molecule has 0 aliphatic carbocycles. The lowest BCUT2D eigenvalue weighted by Crippen LogP contribution is -2.35. The summed E-state index contributed by atoms with van der Waals surface area (Å²) in [6.07, 6.45) is 0. The summed E-state index contributed by atoms with van der Waals surface area (Å²) in [5.74, 6) is -0.221. The average Bonchev–Trinajstić information content (AvgIpc) is 2.53. The van der Waals surface area contributed by atoms with Crippen LogP contribution in [0.3, 0.4) is 0 Å². The van der Waals surface area contributed by atoms with Crippen molar-refractivity contribution in [3.8, 4) is 0 Å². The number of alkyl halides is 2. The Kier molecular flexibility index (Phi) is 6.40. The van der Waals surface area contributed by atoms with Crippen molar-refractivity contribution in [3.05, 3.63) is 71.5 Å². The van der Waals surface area contributed by atoms with Gasteiger partial charge in [0, 0.05) is 16.1 Å². The first kappa shape index (κ1) is 16.7. The maximum atomic E-state index is 13.5. The molecule has 0 radical (unpaired) electrons. The molecule has 0 aliphatic heterocycles. The first-order valence-corrected chi connectivity index (χ1v) is 8.94. The second-order valence-corrected chi connectivity index (χ2v) is 6.16. The number of halogens is 3. The Labute approximate surface area is 141 Å². The van der Waals surface area contributed by atoms with E-state index >= 15 is 0 Å². The van der Waals surface area contributed by atoms with E-state index in [-0.39, 0.29) is 11.2 Å². The fourth-order valence-corrected chi connectivity index (χ4v) is 4.01. The van der Waals surface area contributed by atoms with Gasteiger partial charge in [0.2, 0.25) is 0 Å². The van der Waals surface area contributed by atoms with E-state index < -0.39 is 0 Å². The SMILES string of the molecule is Fc1cccc(C(CBr)(CBr)COCc2ccccc2)c1. The Bertz CT molecular complexity index is 556. The lowest BCUT2D eigenvalue weighted by atomic mass is 9.85. The van der Waals surface area contributed by atoms with Crippen molar-refractivity contribution in [2.75, 3.05) is 17.3 Å². The summed E-state index contributed by atoms with van der Waals surface area (Å²) in [5.41, 5.74) is 1.79. The zero-order valence-electron chi connectivity index (χ0n) is 11.6. The van der Waals surface area contributed by atoms with Crippen molar-refractivity contribution in [1.82, 2.24) is 0 Å². The van der Waals surface area contributed by atoms with Gasteiger partial charge in [0.05, 0.1) is 13.2 Å². The van der Waals surface area contributed by atoms with Gasteiger partial charge in [-0.2, -0.15) is 0 Å². The number of hydrogen-bond donors (Lipinski definition) is 0. The molecule has 0 bridgehead atoms. The molecule has 21 heavy (non-hydrogen) atoms. The van der Waals surface area contributed by atoms with Crippen LogP contribution in [-0.2, 0) is 16.8 Å². The van der Waals surface area contributed by atoms with Crippen LogP contribution in [-0.4, -0.2) is 17.3 Å². The van der Waals surface area contributed by atoms with Gasteiger partial charge in [-0.25, -0.2) is 4.39 Å². The predicted molar refractivity (Wildman–Crippen MR) is 91.8 cm³/mol. The standard InChI is InChI=1S/C17H17Br2FO/c18-11-17(12-19,15-7-4-8-16(20)9-15)13-21-10-14-5-2-1-3-6-14/h1-9H,10-13H2. The number of rotatable bonds is 7. The minimum Gasteiger partial charge on any atom is -0.376 e. The Hall–Kier alpha value is -0.710. The molecule has 0 unspecified atom stereocenters. The molecule has 0 fully saturated rings. The second kappa shape index (κ2) is 8.06. The van der Waals surface area contributed by atoms with Crippen molar-refractivity contribution in [1.29, 1.82) is 0 Å². The summed E-state index contributed by atoms with van der Waals surface area (Å²) in [6.45, 7) is 1.07. The Morgan fingerprint density at radius 2 is 1.67 bits per heavy atom. The summed E-state index contributed by atoms with van der Waals surface area (Å²) < 4.78 is 19.4. The van der Waals surface area contributed by atoms with Gasteiger partial charge in [0.25, 0.3) is 0 Å². The van der Waals surface area contributed by atoms with Crippen LogP contribution < -0.4 is 0 Å². The molecular weight excluding hydrogens is 399 g/mol. The van der Waals surface area contributed by atoms with E-state index in [4.69, 9.17) is 4.74 Å². The average molecular weight is 416 g/mol. The lowest BCUT2D eigenvalue weighted by Gasteiger charge is -2.30. The largest absolute Gasteiger partial charge is 0.376 e. The van der Waals surface area contributed by atoms with Gasteiger partial charge >= 0.3 is 0 Å². The van der Waals surface area contributed by atoms with E-state index in [1.807, 2.05) is 36.4 Å². The quantitative estimate of drug-likeness (QED) is 0.573. The minimum atomic E-state index is -0.281. The van der Waals surface area contributed by atoms with E-state index in [9.17, 15) is 4.39 Å². The molecule has 0 aromatic heterocycles. The van der Waals surface area contributed by atoms with E-state index in [1.165, 1.54) is 6.07 Å². The Balaban J connectivity index is 2.08. The van der Waals surface area contributed by atoms with Crippen LogP contribution in [0.25, 0.3) is 0 Å². The molecule has 1 nitrogen and oxygen atoms in total. The molecule has 0 saturated heterocycles. The zero-order chi connectivity index (χ0) is 15.1. The van der Waals surface area contributed by atoms with E-state index in [0.29, 0.717) is 23.9 Å². The van der Waals surface area contributed by atoms with Crippen LogP contribution >= 0.6 is 31.9 Å². The van der Waals surface area contributed by atoms with Crippen molar-refractivity contribution < 1.29 is 9.13 Å². The topological polar surface area (TPSA) is 9.23 Å². The van der Waals surface area contributed by atoms with Gasteiger partial charge in [-0.05, 0) is 23.3 Å². The van der Waals surface area contributed by atoms with Crippen LogP contribution in [0.4, 0.5) is 4.39 Å². The number of ether oxygens (including phenoxy) is 1. The summed E-state index contributed by atoms with van der Waals surface area (Å²) in [7, 11) is 0. The van der Waals surface area contributed by atoms with Gasteiger partial charge in [0.15, 0.2) is 0 Å². The normalized spacial score (nSPS) is 11.6. The van der Waals surface area contributed by atoms with Crippen LogP contribution in [0, 0.1) is 5.82 Å². The molecule has 0 spiro atoms. The van der Waals surface area contributed by atoms with Gasteiger partial charge in [0.1, 0.15) is 5.82 Å². The molecule has 0 saturated carbocycles. The van der Waals surface area contributed by atoms with Gasteiger partial charge < -0.3 is 4.74 Å². The van der Waals surface area contributed by atoms with Crippen molar-refractivity contribution in [3.63, 3.8) is 0 Å². The van der Waals surface area contributed by atoms with Crippen LogP contribution in [0.5, 0.6) is 0 Å². The second-order valence-electron chi connectivity index (χ2n) is 5.04. The lowest BCUT2D eigenvalue weighted by molar-refractivity contribution is 0.0861. The highest BCUT2D eigenvalue weighted by atomic mass is 79.9. The van der Waals surface area contributed by atoms with Gasteiger partial charge in [-0.3, -0.25) is 0 Å². The Morgan fingerprint density at radius 3 is 2.29 bits per heavy atom. The van der Waals surface area contributed by atoms with Crippen molar-refractivity contribution >= 4 is 31.9 Å². The summed E-state index contributed by atoms with van der Waals surface area (Å²) in [6, 6.07) is 16.8. The molecular formula is C17H17Br2FO. The van der Waals surface area contributed by atoms with Crippen LogP contribution in [0.2, 0.25) is 0 Å². The number of hydrogen-bond acceptors (Lipinski definition) is 1. The molecule has 2 aromatic carbocycles. The van der Waals surface area contributed by atoms with Gasteiger partial charge in [-0.1, -0.05) is 74.3 Å². The molecule has 112 valence electrons. The Morgan fingerprint density at radius 1 is 0.952 bits per heavy atom. The molecule has 0 aliphatic rings. The molecule has 0 amide bonds. The van der Waals surface area contributed by atoms with E-state index in [1.54, 1.807) is 12.1 Å². The summed E-state index contributed by atoms with van der Waals surface area (Å²) in [5, 5.41) is 1.40. The van der Waals surface area contributed by atoms with E-state index in [0.717, 1.165) is 11.1 Å². The summed E-state index contributed by atoms with van der Waals surface area (Å²) >= 11 is 7.10. The highest BCUT2D eigenvalue weighted by molar-refractivity contribution is 9.09. The van der Waals surface area contributed by atoms with Gasteiger partial charge in [-0.15, -0.1) is 0 Å². The molecule has 2 rings (SSSR count). The fourth-order valence-electron chi connectivity index (χ4n) is 2.11. The molecule has 0 N–H and O–H groups in total. The van der Waals surface area contributed by atoms with Crippen molar-refractivity contribution in [2.45, 2.75) is 12.0 Å². The molecule has 2 aromatic rings. The highest BCUT2D eigenvalue weighted by Gasteiger charge is 2.31. The first-order valence-electron chi connectivity index (χ1n) is 6.70. The third-order valence-electron chi connectivity index (χ3n) is 3.44.